The highest BCUT2D eigenvalue weighted by Gasteiger charge is 2.06. The Hall–Kier alpha value is -1.90. The minimum atomic E-state index is -0.201. The third kappa shape index (κ3) is 1.05. The second-order valence-electron chi connectivity index (χ2n) is 2.81. The highest BCUT2D eigenvalue weighted by Crippen LogP contribution is 2.36. The largest absolute Gasteiger partial charge is 0.507 e. The smallest absolute Gasteiger partial charge is 0.165 e. The quantitative estimate of drug-likeness (QED) is 0.537. The van der Waals surface area contributed by atoms with Gasteiger partial charge in [-0.15, -0.1) is 0 Å². The van der Waals surface area contributed by atoms with Crippen molar-refractivity contribution in [1.29, 1.82) is 0 Å². The highest BCUT2D eigenvalue weighted by atomic mass is 16.3. The van der Waals surface area contributed by atoms with Gasteiger partial charge in [0, 0.05) is 10.8 Å². The lowest BCUT2D eigenvalue weighted by atomic mass is 10.1. The predicted octanol–water partition coefficient (Wildman–Crippen LogP) is 1.96. The van der Waals surface area contributed by atoms with E-state index in [1.807, 2.05) is 0 Å². The van der Waals surface area contributed by atoms with E-state index in [1.54, 1.807) is 18.2 Å². The van der Waals surface area contributed by atoms with Crippen molar-refractivity contribution in [2.75, 3.05) is 0 Å². The summed E-state index contributed by atoms with van der Waals surface area (Å²) >= 11 is 0. The fourth-order valence-corrected chi connectivity index (χ4v) is 1.31. The number of rotatable bonds is 0. The standard InChI is InChI=1S/C10H8O3/c11-8-3-1-2-7-6(8)4-5-9(12)10(7)13/h1-5,11-13H. The Morgan fingerprint density at radius 1 is 0.692 bits per heavy atom. The molecule has 0 unspecified atom stereocenters. The van der Waals surface area contributed by atoms with E-state index < -0.39 is 0 Å². The third-order valence-corrected chi connectivity index (χ3v) is 1.99. The number of benzene rings is 2. The van der Waals surface area contributed by atoms with Crippen molar-refractivity contribution in [1.82, 2.24) is 0 Å². The average molecular weight is 176 g/mol. The first-order chi connectivity index (χ1) is 6.20. The molecule has 0 heterocycles. The molecule has 66 valence electrons. The molecule has 0 saturated heterocycles. The van der Waals surface area contributed by atoms with Crippen LogP contribution in [0, 0.1) is 0 Å². The zero-order chi connectivity index (χ0) is 9.42. The number of phenolic OH excluding ortho intramolecular Hbond substituents is 3. The third-order valence-electron chi connectivity index (χ3n) is 1.99. The number of phenols is 3. The van der Waals surface area contributed by atoms with Crippen LogP contribution in [0.4, 0.5) is 0 Å². The molecule has 0 aliphatic heterocycles. The molecule has 3 heteroatoms. The summed E-state index contributed by atoms with van der Waals surface area (Å²) in [6.45, 7) is 0. The van der Waals surface area contributed by atoms with Crippen LogP contribution in [0.2, 0.25) is 0 Å². The monoisotopic (exact) mass is 176 g/mol. The topological polar surface area (TPSA) is 60.7 Å². The van der Waals surface area contributed by atoms with E-state index in [9.17, 15) is 15.3 Å². The van der Waals surface area contributed by atoms with Crippen LogP contribution in [0.25, 0.3) is 10.8 Å². The molecule has 0 radical (unpaired) electrons. The summed E-state index contributed by atoms with van der Waals surface area (Å²) in [7, 11) is 0. The lowest BCUT2D eigenvalue weighted by Crippen LogP contribution is -1.75. The molecule has 2 aromatic rings. The van der Waals surface area contributed by atoms with Gasteiger partial charge in [0.2, 0.25) is 0 Å². The predicted molar refractivity (Wildman–Crippen MR) is 48.9 cm³/mol. The van der Waals surface area contributed by atoms with Crippen LogP contribution in [0.3, 0.4) is 0 Å². The molecular formula is C10H8O3. The van der Waals surface area contributed by atoms with Gasteiger partial charge in [0.1, 0.15) is 5.75 Å². The Bertz CT molecular complexity index is 463. The summed E-state index contributed by atoms with van der Waals surface area (Å²) in [5.74, 6) is -0.292. The molecule has 3 nitrogen and oxygen atoms in total. The van der Waals surface area contributed by atoms with Crippen molar-refractivity contribution in [2.45, 2.75) is 0 Å². The summed E-state index contributed by atoms with van der Waals surface area (Å²) in [5, 5.41) is 29.0. The Morgan fingerprint density at radius 3 is 2.23 bits per heavy atom. The minimum absolute atomic E-state index is 0.0906. The van der Waals surface area contributed by atoms with Gasteiger partial charge in [-0.3, -0.25) is 0 Å². The van der Waals surface area contributed by atoms with E-state index in [2.05, 4.69) is 0 Å². The van der Waals surface area contributed by atoms with Gasteiger partial charge in [0.05, 0.1) is 0 Å². The van der Waals surface area contributed by atoms with Crippen molar-refractivity contribution in [3.63, 3.8) is 0 Å². The van der Waals surface area contributed by atoms with Crippen molar-refractivity contribution in [3.8, 4) is 17.2 Å². The molecule has 0 saturated carbocycles. The molecule has 0 bridgehead atoms. The first kappa shape index (κ1) is 7.73. The van der Waals surface area contributed by atoms with Gasteiger partial charge in [-0.1, -0.05) is 12.1 Å². The summed E-state index contributed by atoms with van der Waals surface area (Å²) in [6, 6.07) is 7.66. The van der Waals surface area contributed by atoms with Crippen LogP contribution < -0.4 is 0 Å². The number of hydrogen-bond donors (Lipinski definition) is 3. The molecule has 0 aromatic heterocycles. The number of hydrogen-bond acceptors (Lipinski definition) is 3. The lowest BCUT2D eigenvalue weighted by Gasteiger charge is -2.03. The maximum atomic E-state index is 9.42. The molecule has 13 heavy (non-hydrogen) atoms. The van der Waals surface area contributed by atoms with E-state index in [-0.39, 0.29) is 17.2 Å². The van der Waals surface area contributed by atoms with Crippen LogP contribution in [0.15, 0.2) is 30.3 Å². The van der Waals surface area contributed by atoms with Gasteiger partial charge in [-0.2, -0.15) is 0 Å². The van der Waals surface area contributed by atoms with Gasteiger partial charge in [-0.25, -0.2) is 0 Å². The van der Waals surface area contributed by atoms with Crippen molar-refractivity contribution < 1.29 is 15.3 Å². The summed E-state index contributed by atoms with van der Waals surface area (Å²) in [5.41, 5.74) is 0. The summed E-state index contributed by atoms with van der Waals surface area (Å²) < 4.78 is 0. The van der Waals surface area contributed by atoms with Gasteiger partial charge < -0.3 is 15.3 Å². The second kappa shape index (κ2) is 2.55. The van der Waals surface area contributed by atoms with Crippen LogP contribution >= 0.6 is 0 Å². The van der Waals surface area contributed by atoms with Gasteiger partial charge in [-0.05, 0) is 18.2 Å². The Morgan fingerprint density at radius 2 is 1.46 bits per heavy atom. The Kier molecular flexibility index (Phi) is 1.52. The van der Waals surface area contributed by atoms with E-state index in [0.717, 1.165) is 0 Å². The van der Waals surface area contributed by atoms with E-state index in [4.69, 9.17) is 0 Å². The molecular weight excluding hydrogens is 168 g/mol. The van der Waals surface area contributed by atoms with Crippen molar-refractivity contribution in [2.24, 2.45) is 0 Å². The first-order valence-corrected chi connectivity index (χ1v) is 3.83. The molecule has 0 amide bonds. The molecule has 0 spiro atoms. The van der Waals surface area contributed by atoms with Gasteiger partial charge >= 0.3 is 0 Å². The average Bonchev–Trinajstić information content (AvgIpc) is 2.12. The van der Waals surface area contributed by atoms with Crippen LogP contribution in [-0.4, -0.2) is 15.3 Å². The van der Waals surface area contributed by atoms with E-state index in [1.165, 1.54) is 12.1 Å². The molecule has 0 aliphatic carbocycles. The fourth-order valence-electron chi connectivity index (χ4n) is 1.31. The number of aromatic hydroxyl groups is 3. The second-order valence-corrected chi connectivity index (χ2v) is 2.81. The normalized spacial score (nSPS) is 10.5. The summed E-state index contributed by atoms with van der Waals surface area (Å²) in [4.78, 5) is 0. The minimum Gasteiger partial charge on any atom is -0.507 e. The Labute approximate surface area is 74.5 Å². The maximum Gasteiger partial charge on any atom is 0.165 e. The zero-order valence-corrected chi connectivity index (χ0v) is 6.73. The van der Waals surface area contributed by atoms with Crippen LogP contribution in [0.1, 0.15) is 0 Å². The highest BCUT2D eigenvalue weighted by molar-refractivity contribution is 5.94. The van der Waals surface area contributed by atoms with Crippen molar-refractivity contribution in [3.05, 3.63) is 30.3 Å². The Balaban J connectivity index is 2.94. The van der Waals surface area contributed by atoms with Crippen molar-refractivity contribution >= 4 is 10.8 Å². The SMILES string of the molecule is Oc1ccc2c(O)cccc2c1O. The lowest BCUT2D eigenvalue weighted by molar-refractivity contribution is 0.408. The first-order valence-electron chi connectivity index (χ1n) is 3.83. The van der Waals surface area contributed by atoms with Gasteiger partial charge in [0.15, 0.2) is 11.5 Å². The molecule has 0 fully saturated rings. The van der Waals surface area contributed by atoms with Crippen LogP contribution in [-0.2, 0) is 0 Å². The number of fused-ring (bicyclic) bond motifs is 1. The van der Waals surface area contributed by atoms with Crippen LogP contribution in [0.5, 0.6) is 17.2 Å². The maximum absolute atomic E-state index is 9.42. The molecule has 0 aliphatic rings. The summed E-state index contributed by atoms with van der Waals surface area (Å²) in [6.07, 6.45) is 0. The molecule has 2 rings (SSSR count). The van der Waals surface area contributed by atoms with E-state index in [0.29, 0.717) is 10.8 Å². The molecule has 2 aromatic carbocycles. The molecule has 3 N–H and O–H groups in total. The van der Waals surface area contributed by atoms with Gasteiger partial charge in [0.25, 0.3) is 0 Å². The molecule has 0 atom stereocenters. The van der Waals surface area contributed by atoms with E-state index >= 15 is 0 Å². The fraction of sp³-hybridized carbons (Fsp3) is 0. The zero-order valence-electron chi connectivity index (χ0n) is 6.73.